The SMILES string of the molecule is CCCOc1ccc(C(NCC)c2ccccc2Br)cc1. The predicted octanol–water partition coefficient (Wildman–Crippen LogP) is 4.94. The average Bonchev–Trinajstić information content (AvgIpc) is 2.52. The molecule has 0 aliphatic rings. The number of benzene rings is 2. The Hall–Kier alpha value is -1.32. The van der Waals surface area contributed by atoms with Crippen LogP contribution in [-0.2, 0) is 0 Å². The van der Waals surface area contributed by atoms with Crippen molar-refractivity contribution in [2.45, 2.75) is 26.3 Å². The fourth-order valence-corrected chi connectivity index (χ4v) is 2.81. The first kappa shape index (κ1) is 16.1. The lowest BCUT2D eigenvalue weighted by molar-refractivity contribution is 0.317. The van der Waals surface area contributed by atoms with Crippen LogP contribution >= 0.6 is 15.9 Å². The fourth-order valence-electron chi connectivity index (χ4n) is 2.30. The molecule has 0 aliphatic heterocycles. The zero-order valence-corrected chi connectivity index (χ0v) is 14.2. The van der Waals surface area contributed by atoms with Crippen molar-refractivity contribution in [3.05, 3.63) is 64.1 Å². The molecule has 3 heteroatoms. The molecule has 0 saturated carbocycles. The van der Waals surface area contributed by atoms with Crippen LogP contribution in [0.25, 0.3) is 0 Å². The fraction of sp³-hybridized carbons (Fsp3) is 0.333. The second kappa shape index (κ2) is 8.20. The Labute approximate surface area is 135 Å². The highest BCUT2D eigenvalue weighted by Crippen LogP contribution is 2.29. The summed E-state index contributed by atoms with van der Waals surface area (Å²) in [6.45, 7) is 5.92. The van der Waals surface area contributed by atoms with Crippen LogP contribution in [0.3, 0.4) is 0 Å². The van der Waals surface area contributed by atoms with Crippen LogP contribution < -0.4 is 10.1 Å². The molecular formula is C18H22BrNO. The lowest BCUT2D eigenvalue weighted by Crippen LogP contribution is -2.22. The molecule has 2 nitrogen and oxygen atoms in total. The smallest absolute Gasteiger partial charge is 0.119 e. The number of rotatable bonds is 7. The maximum Gasteiger partial charge on any atom is 0.119 e. The molecule has 0 heterocycles. The lowest BCUT2D eigenvalue weighted by atomic mass is 9.98. The molecule has 21 heavy (non-hydrogen) atoms. The van der Waals surface area contributed by atoms with Gasteiger partial charge in [0.05, 0.1) is 12.6 Å². The van der Waals surface area contributed by atoms with Gasteiger partial charge in [0.1, 0.15) is 5.75 Å². The van der Waals surface area contributed by atoms with Gasteiger partial charge >= 0.3 is 0 Å². The van der Waals surface area contributed by atoms with Crippen LogP contribution in [0.5, 0.6) is 5.75 Å². The summed E-state index contributed by atoms with van der Waals surface area (Å²) in [6, 6.07) is 16.9. The summed E-state index contributed by atoms with van der Waals surface area (Å²) in [6.07, 6.45) is 1.03. The van der Waals surface area contributed by atoms with E-state index >= 15 is 0 Å². The molecule has 2 rings (SSSR count). The van der Waals surface area contributed by atoms with E-state index in [1.807, 2.05) is 18.2 Å². The second-order valence-corrected chi connectivity index (χ2v) is 5.78. The maximum atomic E-state index is 5.65. The largest absolute Gasteiger partial charge is 0.494 e. The third-order valence-electron chi connectivity index (χ3n) is 3.31. The molecule has 1 N–H and O–H groups in total. The molecule has 0 radical (unpaired) electrons. The van der Waals surface area contributed by atoms with Crippen LogP contribution in [-0.4, -0.2) is 13.2 Å². The lowest BCUT2D eigenvalue weighted by Gasteiger charge is -2.20. The number of hydrogen-bond acceptors (Lipinski definition) is 2. The Bertz CT molecular complexity index is 553. The van der Waals surface area contributed by atoms with Gasteiger partial charge in [-0.3, -0.25) is 0 Å². The zero-order valence-electron chi connectivity index (χ0n) is 12.6. The van der Waals surface area contributed by atoms with E-state index in [1.165, 1.54) is 11.1 Å². The highest BCUT2D eigenvalue weighted by molar-refractivity contribution is 9.10. The van der Waals surface area contributed by atoms with Gasteiger partial charge in [-0.15, -0.1) is 0 Å². The summed E-state index contributed by atoms with van der Waals surface area (Å²) >= 11 is 3.65. The van der Waals surface area contributed by atoms with Crippen molar-refractivity contribution in [1.82, 2.24) is 5.32 Å². The summed E-state index contributed by atoms with van der Waals surface area (Å²) < 4.78 is 6.78. The third kappa shape index (κ3) is 4.32. The molecule has 1 unspecified atom stereocenters. The summed E-state index contributed by atoms with van der Waals surface area (Å²) in [5.74, 6) is 0.933. The van der Waals surface area contributed by atoms with E-state index in [1.54, 1.807) is 0 Å². The minimum Gasteiger partial charge on any atom is -0.494 e. The molecular weight excluding hydrogens is 326 g/mol. The second-order valence-electron chi connectivity index (χ2n) is 4.93. The van der Waals surface area contributed by atoms with Gasteiger partial charge in [-0.05, 0) is 42.3 Å². The van der Waals surface area contributed by atoms with Crippen LogP contribution in [0.4, 0.5) is 0 Å². The minimum absolute atomic E-state index is 0.186. The topological polar surface area (TPSA) is 21.3 Å². The Morgan fingerprint density at radius 2 is 1.76 bits per heavy atom. The molecule has 0 fully saturated rings. The van der Waals surface area contributed by atoms with Gasteiger partial charge in [0.15, 0.2) is 0 Å². The number of halogens is 1. The van der Waals surface area contributed by atoms with Crippen LogP contribution in [0, 0.1) is 0 Å². The molecule has 2 aromatic rings. The van der Waals surface area contributed by atoms with Gasteiger partial charge < -0.3 is 10.1 Å². The summed E-state index contributed by atoms with van der Waals surface area (Å²) in [7, 11) is 0. The highest BCUT2D eigenvalue weighted by Gasteiger charge is 2.15. The van der Waals surface area contributed by atoms with Crippen molar-refractivity contribution in [2.24, 2.45) is 0 Å². The van der Waals surface area contributed by atoms with Gasteiger partial charge in [0.25, 0.3) is 0 Å². The normalized spacial score (nSPS) is 12.1. The minimum atomic E-state index is 0.186. The van der Waals surface area contributed by atoms with Gasteiger partial charge in [-0.25, -0.2) is 0 Å². The van der Waals surface area contributed by atoms with Crippen molar-refractivity contribution in [3.63, 3.8) is 0 Å². The first-order chi connectivity index (χ1) is 10.3. The Kier molecular flexibility index (Phi) is 6.27. The molecule has 0 bridgehead atoms. The molecule has 0 aromatic heterocycles. The van der Waals surface area contributed by atoms with E-state index in [-0.39, 0.29) is 6.04 Å². The third-order valence-corrected chi connectivity index (χ3v) is 4.03. The Morgan fingerprint density at radius 1 is 1.05 bits per heavy atom. The standard InChI is InChI=1S/C18H22BrNO/c1-3-13-21-15-11-9-14(10-12-15)18(20-4-2)16-7-5-6-8-17(16)19/h5-12,18,20H,3-4,13H2,1-2H3. The van der Waals surface area contributed by atoms with Crippen molar-refractivity contribution in [1.29, 1.82) is 0 Å². The molecule has 112 valence electrons. The summed E-state index contributed by atoms with van der Waals surface area (Å²) in [5, 5.41) is 3.55. The number of hydrogen-bond donors (Lipinski definition) is 1. The molecule has 1 atom stereocenters. The van der Waals surface area contributed by atoms with E-state index in [0.717, 1.165) is 29.8 Å². The summed E-state index contributed by atoms with van der Waals surface area (Å²) in [5.41, 5.74) is 2.49. The highest BCUT2D eigenvalue weighted by atomic mass is 79.9. The number of ether oxygens (including phenoxy) is 1. The Balaban J connectivity index is 2.24. The van der Waals surface area contributed by atoms with Gasteiger partial charge in [0.2, 0.25) is 0 Å². The molecule has 2 aromatic carbocycles. The van der Waals surface area contributed by atoms with Gasteiger partial charge in [-0.2, -0.15) is 0 Å². The zero-order chi connectivity index (χ0) is 15.1. The van der Waals surface area contributed by atoms with Crippen molar-refractivity contribution < 1.29 is 4.74 Å². The first-order valence-electron chi connectivity index (χ1n) is 7.46. The van der Waals surface area contributed by atoms with E-state index in [4.69, 9.17) is 4.74 Å². The van der Waals surface area contributed by atoms with Crippen LogP contribution in [0.15, 0.2) is 53.0 Å². The van der Waals surface area contributed by atoms with E-state index < -0.39 is 0 Å². The quantitative estimate of drug-likeness (QED) is 0.765. The molecule has 0 aliphatic carbocycles. The van der Waals surface area contributed by atoms with E-state index in [9.17, 15) is 0 Å². The van der Waals surface area contributed by atoms with Gasteiger partial charge in [-0.1, -0.05) is 60.1 Å². The Morgan fingerprint density at radius 3 is 2.38 bits per heavy atom. The maximum absolute atomic E-state index is 5.65. The van der Waals surface area contributed by atoms with E-state index in [0.29, 0.717) is 0 Å². The average molecular weight is 348 g/mol. The monoisotopic (exact) mass is 347 g/mol. The van der Waals surface area contributed by atoms with Crippen LogP contribution in [0.1, 0.15) is 37.4 Å². The van der Waals surface area contributed by atoms with Crippen molar-refractivity contribution in [3.8, 4) is 5.75 Å². The predicted molar refractivity (Wildman–Crippen MR) is 91.9 cm³/mol. The van der Waals surface area contributed by atoms with Crippen molar-refractivity contribution in [2.75, 3.05) is 13.2 Å². The summed E-state index contributed by atoms with van der Waals surface area (Å²) in [4.78, 5) is 0. The number of nitrogens with one attached hydrogen (secondary N) is 1. The molecule has 0 spiro atoms. The van der Waals surface area contributed by atoms with Crippen molar-refractivity contribution >= 4 is 15.9 Å². The first-order valence-corrected chi connectivity index (χ1v) is 8.26. The molecule has 0 amide bonds. The van der Waals surface area contributed by atoms with E-state index in [2.05, 4.69) is 65.4 Å². The van der Waals surface area contributed by atoms with Crippen LogP contribution in [0.2, 0.25) is 0 Å². The van der Waals surface area contributed by atoms with Gasteiger partial charge in [0, 0.05) is 4.47 Å². The molecule has 0 saturated heterocycles.